The van der Waals surface area contributed by atoms with Crippen LogP contribution in [0.1, 0.15) is 16.8 Å². The molecule has 1 aromatic heterocycles. The largest absolute Gasteiger partial charge is 0.358 e. The van der Waals surface area contributed by atoms with Crippen molar-refractivity contribution in [2.75, 3.05) is 0 Å². The second kappa shape index (κ2) is 4.51. The van der Waals surface area contributed by atoms with E-state index in [2.05, 4.69) is 48.3 Å². The van der Waals surface area contributed by atoms with E-state index in [-0.39, 0.29) is 0 Å². The highest BCUT2D eigenvalue weighted by Crippen LogP contribution is 2.19. The predicted molar refractivity (Wildman–Crippen MR) is 77.3 cm³/mol. The lowest BCUT2D eigenvalue weighted by Crippen LogP contribution is -1.87. The van der Waals surface area contributed by atoms with E-state index < -0.39 is 0 Å². The zero-order valence-corrected chi connectivity index (χ0v) is 11.0. The van der Waals surface area contributed by atoms with Gasteiger partial charge in [-0.25, -0.2) is 0 Å². The average Bonchev–Trinajstić information content (AvgIpc) is 2.73. The second-order valence-electron chi connectivity index (χ2n) is 4.69. The van der Waals surface area contributed by atoms with Crippen molar-refractivity contribution in [2.24, 2.45) is 0 Å². The van der Waals surface area contributed by atoms with Gasteiger partial charge in [0.15, 0.2) is 0 Å². The minimum Gasteiger partial charge on any atom is -0.358 e. The van der Waals surface area contributed by atoms with Gasteiger partial charge in [-0.15, -0.1) is 0 Å². The number of hydrogen-bond acceptors (Lipinski definition) is 0. The van der Waals surface area contributed by atoms with Gasteiger partial charge in [-0.05, 0) is 48.2 Å². The van der Waals surface area contributed by atoms with Crippen molar-refractivity contribution in [3.63, 3.8) is 0 Å². The normalized spacial score (nSPS) is 11.0. The Morgan fingerprint density at radius 3 is 2.56 bits per heavy atom. The molecule has 0 radical (unpaired) electrons. The minimum absolute atomic E-state index is 0.783. The van der Waals surface area contributed by atoms with Crippen LogP contribution in [-0.4, -0.2) is 4.98 Å². The number of halogens is 1. The summed E-state index contributed by atoms with van der Waals surface area (Å²) in [6.45, 7) is 2.12. The highest BCUT2D eigenvalue weighted by Gasteiger charge is 2.02. The molecule has 3 aromatic rings. The van der Waals surface area contributed by atoms with Crippen molar-refractivity contribution in [3.05, 3.63) is 70.4 Å². The molecule has 0 aliphatic rings. The Hall–Kier alpha value is -1.73. The zero-order valence-electron chi connectivity index (χ0n) is 10.2. The van der Waals surface area contributed by atoms with E-state index in [0.29, 0.717) is 0 Å². The molecule has 0 spiro atoms. The summed E-state index contributed by atoms with van der Waals surface area (Å²) in [5.74, 6) is 0. The van der Waals surface area contributed by atoms with Crippen LogP contribution in [0.2, 0.25) is 5.02 Å². The maximum Gasteiger partial charge on any atom is 0.0456 e. The highest BCUT2D eigenvalue weighted by molar-refractivity contribution is 6.30. The molecule has 2 aromatic carbocycles. The quantitative estimate of drug-likeness (QED) is 0.682. The van der Waals surface area contributed by atoms with Crippen LogP contribution in [0.25, 0.3) is 10.9 Å². The van der Waals surface area contributed by atoms with E-state index >= 15 is 0 Å². The standard InChI is InChI=1S/C16H14ClN/c1-11-2-7-16-13(8-11)10-15(18-16)9-12-3-5-14(17)6-4-12/h2-8,10,18H,9H2,1H3. The van der Waals surface area contributed by atoms with E-state index in [0.717, 1.165) is 11.4 Å². The van der Waals surface area contributed by atoms with Gasteiger partial charge in [-0.3, -0.25) is 0 Å². The zero-order chi connectivity index (χ0) is 12.5. The van der Waals surface area contributed by atoms with Gasteiger partial charge in [-0.2, -0.15) is 0 Å². The average molecular weight is 256 g/mol. The number of H-pyrrole nitrogens is 1. The fourth-order valence-corrected chi connectivity index (χ4v) is 2.36. The first-order chi connectivity index (χ1) is 8.70. The third kappa shape index (κ3) is 2.27. The van der Waals surface area contributed by atoms with Crippen LogP contribution in [0, 0.1) is 6.92 Å². The molecule has 0 aliphatic carbocycles. The molecule has 0 fully saturated rings. The molecule has 90 valence electrons. The van der Waals surface area contributed by atoms with Crippen LogP contribution in [0.3, 0.4) is 0 Å². The number of benzene rings is 2. The summed E-state index contributed by atoms with van der Waals surface area (Å²) in [4.78, 5) is 3.45. The van der Waals surface area contributed by atoms with Crippen LogP contribution < -0.4 is 0 Å². The molecule has 0 saturated heterocycles. The fraction of sp³-hybridized carbons (Fsp3) is 0.125. The van der Waals surface area contributed by atoms with E-state index in [1.165, 1.54) is 27.7 Å². The monoisotopic (exact) mass is 255 g/mol. The lowest BCUT2D eigenvalue weighted by Gasteiger charge is -1.98. The third-order valence-electron chi connectivity index (χ3n) is 3.14. The van der Waals surface area contributed by atoms with Crippen LogP contribution in [-0.2, 0) is 6.42 Å². The van der Waals surface area contributed by atoms with Crippen molar-refractivity contribution in [2.45, 2.75) is 13.3 Å². The number of rotatable bonds is 2. The number of aromatic nitrogens is 1. The molecule has 18 heavy (non-hydrogen) atoms. The molecule has 0 unspecified atom stereocenters. The Kier molecular flexibility index (Phi) is 2.85. The minimum atomic E-state index is 0.783. The van der Waals surface area contributed by atoms with E-state index in [1.54, 1.807) is 0 Å². The molecule has 1 heterocycles. The number of aromatic amines is 1. The van der Waals surface area contributed by atoms with Crippen molar-refractivity contribution < 1.29 is 0 Å². The number of nitrogens with one attached hydrogen (secondary N) is 1. The summed E-state index contributed by atoms with van der Waals surface area (Å²) in [5.41, 5.74) is 4.99. The Balaban J connectivity index is 1.92. The Morgan fingerprint density at radius 2 is 1.78 bits per heavy atom. The molecule has 0 amide bonds. The van der Waals surface area contributed by atoms with Gasteiger partial charge < -0.3 is 4.98 Å². The van der Waals surface area contributed by atoms with Crippen molar-refractivity contribution in [1.29, 1.82) is 0 Å². The van der Waals surface area contributed by atoms with Crippen molar-refractivity contribution in [1.82, 2.24) is 4.98 Å². The molecular formula is C16H14ClN. The lowest BCUT2D eigenvalue weighted by molar-refractivity contribution is 1.12. The molecular weight excluding hydrogens is 242 g/mol. The van der Waals surface area contributed by atoms with Crippen LogP contribution in [0.4, 0.5) is 0 Å². The Morgan fingerprint density at radius 1 is 1.00 bits per heavy atom. The van der Waals surface area contributed by atoms with Gasteiger partial charge in [0.1, 0.15) is 0 Å². The summed E-state index contributed by atoms with van der Waals surface area (Å²) < 4.78 is 0. The molecule has 0 saturated carbocycles. The maximum absolute atomic E-state index is 5.89. The highest BCUT2D eigenvalue weighted by atomic mass is 35.5. The van der Waals surface area contributed by atoms with Gasteiger partial charge in [0.05, 0.1) is 0 Å². The number of hydrogen-bond donors (Lipinski definition) is 1. The molecule has 2 heteroatoms. The van der Waals surface area contributed by atoms with E-state index in [1.807, 2.05) is 12.1 Å². The van der Waals surface area contributed by atoms with E-state index in [4.69, 9.17) is 11.6 Å². The molecule has 0 bridgehead atoms. The van der Waals surface area contributed by atoms with Gasteiger partial charge in [0.2, 0.25) is 0 Å². The summed E-state index contributed by atoms with van der Waals surface area (Å²) in [6.07, 6.45) is 0.908. The lowest BCUT2D eigenvalue weighted by atomic mass is 10.1. The number of aryl methyl sites for hydroxylation is 1. The van der Waals surface area contributed by atoms with Gasteiger partial charge in [0, 0.05) is 22.7 Å². The topological polar surface area (TPSA) is 15.8 Å². The predicted octanol–water partition coefficient (Wildman–Crippen LogP) is 4.72. The summed E-state index contributed by atoms with van der Waals surface area (Å²) in [6, 6.07) is 16.7. The summed E-state index contributed by atoms with van der Waals surface area (Å²) >= 11 is 5.89. The Bertz CT molecular complexity index is 680. The molecule has 0 atom stereocenters. The van der Waals surface area contributed by atoms with Gasteiger partial charge >= 0.3 is 0 Å². The number of fused-ring (bicyclic) bond motifs is 1. The van der Waals surface area contributed by atoms with E-state index in [9.17, 15) is 0 Å². The van der Waals surface area contributed by atoms with Crippen LogP contribution in [0.15, 0.2) is 48.5 Å². The van der Waals surface area contributed by atoms with Gasteiger partial charge in [-0.1, -0.05) is 35.4 Å². The van der Waals surface area contributed by atoms with Crippen LogP contribution >= 0.6 is 11.6 Å². The third-order valence-corrected chi connectivity index (χ3v) is 3.39. The molecule has 1 N–H and O–H groups in total. The fourth-order valence-electron chi connectivity index (χ4n) is 2.23. The maximum atomic E-state index is 5.89. The Labute approximate surface area is 111 Å². The first kappa shape index (κ1) is 11.4. The van der Waals surface area contributed by atoms with Crippen LogP contribution in [0.5, 0.6) is 0 Å². The first-order valence-corrected chi connectivity index (χ1v) is 6.41. The van der Waals surface area contributed by atoms with Crippen molar-refractivity contribution in [3.8, 4) is 0 Å². The summed E-state index contributed by atoms with van der Waals surface area (Å²) in [5, 5.41) is 2.06. The molecule has 1 nitrogen and oxygen atoms in total. The molecule has 0 aliphatic heterocycles. The van der Waals surface area contributed by atoms with Gasteiger partial charge in [0.25, 0.3) is 0 Å². The molecule has 3 rings (SSSR count). The summed E-state index contributed by atoms with van der Waals surface area (Å²) in [7, 11) is 0. The smallest absolute Gasteiger partial charge is 0.0456 e. The second-order valence-corrected chi connectivity index (χ2v) is 5.12. The SMILES string of the molecule is Cc1ccc2[nH]c(Cc3ccc(Cl)cc3)cc2c1. The van der Waals surface area contributed by atoms with Crippen molar-refractivity contribution >= 4 is 22.5 Å². The first-order valence-electron chi connectivity index (χ1n) is 6.03.